The predicted octanol–water partition coefficient (Wildman–Crippen LogP) is 2.14. The predicted molar refractivity (Wildman–Crippen MR) is 48.6 cm³/mol. The smallest absolute Gasteiger partial charge is 0.280 e. The quantitative estimate of drug-likeness (QED) is 0.853. The Morgan fingerprint density at radius 3 is 2.71 bits per heavy atom. The summed E-state index contributed by atoms with van der Waals surface area (Å²) < 4.78 is 29.7. The van der Waals surface area contributed by atoms with Crippen molar-refractivity contribution in [1.29, 1.82) is 0 Å². The number of nitrogens with zero attached hydrogens (tertiary/aromatic N) is 1. The highest BCUT2D eigenvalue weighted by atomic mass is 35.5. The SMILES string of the molecule is COc1cc(Cl)c(CN)c(C(F)F)n1. The first-order valence-corrected chi connectivity index (χ1v) is 4.19. The largest absolute Gasteiger partial charge is 0.481 e. The Bertz CT molecular complexity index is 333. The molecule has 0 atom stereocenters. The van der Waals surface area contributed by atoms with Gasteiger partial charge in [0, 0.05) is 18.2 Å². The van der Waals surface area contributed by atoms with E-state index < -0.39 is 12.1 Å². The van der Waals surface area contributed by atoms with Gasteiger partial charge in [-0.2, -0.15) is 0 Å². The second-order valence-corrected chi connectivity index (χ2v) is 2.92. The molecule has 0 aliphatic rings. The summed E-state index contributed by atoms with van der Waals surface area (Å²) in [6, 6.07) is 1.36. The normalized spacial score (nSPS) is 10.7. The van der Waals surface area contributed by atoms with Crippen molar-refractivity contribution in [3.05, 3.63) is 22.3 Å². The van der Waals surface area contributed by atoms with E-state index in [1.165, 1.54) is 13.2 Å². The van der Waals surface area contributed by atoms with Crippen molar-refractivity contribution in [1.82, 2.24) is 4.98 Å². The Morgan fingerprint density at radius 1 is 1.64 bits per heavy atom. The minimum atomic E-state index is -2.71. The maximum atomic E-state index is 12.5. The van der Waals surface area contributed by atoms with Gasteiger partial charge in [-0.15, -0.1) is 0 Å². The maximum absolute atomic E-state index is 12.5. The van der Waals surface area contributed by atoms with Gasteiger partial charge in [-0.25, -0.2) is 13.8 Å². The molecule has 2 N–H and O–H groups in total. The van der Waals surface area contributed by atoms with E-state index in [9.17, 15) is 8.78 Å². The fourth-order valence-corrected chi connectivity index (χ4v) is 1.29. The zero-order valence-corrected chi connectivity index (χ0v) is 8.18. The molecule has 0 radical (unpaired) electrons. The monoisotopic (exact) mass is 222 g/mol. The minimum absolute atomic E-state index is 0.0579. The minimum Gasteiger partial charge on any atom is -0.481 e. The van der Waals surface area contributed by atoms with Gasteiger partial charge in [-0.3, -0.25) is 0 Å². The van der Waals surface area contributed by atoms with Crippen molar-refractivity contribution >= 4 is 11.6 Å². The summed E-state index contributed by atoms with van der Waals surface area (Å²) in [6.07, 6.45) is -2.71. The van der Waals surface area contributed by atoms with Crippen LogP contribution in [0, 0.1) is 0 Å². The fraction of sp³-hybridized carbons (Fsp3) is 0.375. The summed E-state index contributed by atoms with van der Waals surface area (Å²) in [6.45, 7) is -0.0739. The molecule has 0 saturated carbocycles. The van der Waals surface area contributed by atoms with Crippen LogP contribution in [0.1, 0.15) is 17.7 Å². The number of pyridine rings is 1. The third-order valence-electron chi connectivity index (χ3n) is 1.70. The summed E-state index contributed by atoms with van der Waals surface area (Å²) in [7, 11) is 1.33. The van der Waals surface area contributed by atoms with Crippen molar-refractivity contribution in [2.24, 2.45) is 5.73 Å². The first-order chi connectivity index (χ1) is 6.60. The Labute approximate surface area is 84.8 Å². The maximum Gasteiger partial charge on any atom is 0.280 e. The standard InChI is InChI=1S/C8H9ClF2N2O/c1-14-6-2-5(9)4(3-12)7(13-6)8(10)11/h2,8H,3,12H2,1H3. The average molecular weight is 223 g/mol. The third kappa shape index (κ3) is 2.10. The van der Waals surface area contributed by atoms with Crippen LogP contribution in [0.25, 0.3) is 0 Å². The lowest BCUT2D eigenvalue weighted by Crippen LogP contribution is -2.06. The summed E-state index contributed by atoms with van der Waals surface area (Å²) in [5.74, 6) is 0.0579. The first-order valence-electron chi connectivity index (χ1n) is 3.81. The highest BCUT2D eigenvalue weighted by molar-refractivity contribution is 6.31. The molecule has 14 heavy (non-hydrogen) atoms. The summed E-state index contributed by atoms with van der Waals surface area (Å²) in [5.41, 5.74) is 5.02. The van der Waals surface area contributed by atoms with Crippen LogP contribution in [0.4, 0.5) is 8.78 Å². The van der Waals surface area contributed by atoms with Gasteiger partial charge in [0.05, 0.1) is 12.1 Å². The molecule has 0 amide bonds. The molecular weight excluding hydrogens is 214 g/mol. The zero-order valence-electron chi connectivity index (χ0n) is 7.43. The van der Waals surface area contributed by atoms with Gasteiger partial charge in [-0.05, 0) is 0 Å². The molecule has 1 aromatic heterocycles. The molecule has 0 unspecified atom stereocenters. The van der Waals surface area contributed by atoms with E-state index in [1.54, 1.807) is 0 Å². The van der Waals surface area contributed by atoms with Crippen LogP contribution in [0.15, 0.2) is 6.07 Å². The lowest BCUT2D eigenvalue weighted by atomic mass is 10.2. The van der Waals surface area contributed by atoms with Crippen LogP contribution in [0.3, 0.4) is 0 Å². The van der Waals surface area contributed by atoms with E-state index in [0.29, 0.717) is 0 Å². The van der Waals surface area contributed by atoms with E-state index in [-0.39, 0.29) is 23.0 Å². The van der Waals surface area contributed by atoms with Crippen molar-refractivity contribution in [3.8, 4) is 5.88 Å². The molecule has 1 rings (SSSR count). The zero-order chi connectivity index (χ0) is 10.7. The van der Waals surface area contributed by atoms with Gasteiger partial charge in [0.2, 0.25) is 5.88 Å². The lowest BCUT2D eigenvalue weighted by Gasteiger charge is -2.09. The van der Waals surface area contributed by atoms with Gasteiger partial charge in [0.25, 0.3) is 6.43 Å². The summed E-state index contributed by atoms with van der Waals surface area (Å²) in [4.78, 5) is 3.59. The number of hydrogen-bond donors (Lipinski definition) is 1. The van der Waals surface area contributed by atoms with Gasteiger partial charge in [0.1, 0.15) is 5.69 Å². The molecule has 6 heteroatoms. The van der Waals surface area contributed by atoms with E-state index in [0.717, 1.165) is 0 Å². The van der Waals surface area contributed by atoms with Crippen LogP contribution in [-0.2, 0) is 6.54 Å². The number of methoxy groups -OCH3 is 1. The summed E-state index contributed by atoms with van der Waals surface area (Å²) >= 11 is 5.72. The topological polar surface area (TPSA) is 48.1 Å². The molecule has 0 spiro atoms. The van der Waals surface area contributed by atoms with E-state index in [4.69, 9.17) is 22.1 Å². The van der Waals surface area contributed by atoms with Crippen molar-refractivity contribution < 1.29 is 13.5 Å². The number of ether oxygens (including phenoxy) is 1. The molecule has 0 aliphatic heterocycles. The van der Waals surface area contributed by atoms with Crippen molar-refractivity contribution in [2.45, 2.75) is 13.0 Å². The lowest BCUT2D eigenvalue weighted by molar-refractivity contribution is 0.143. The van der Waals surface area contributed by atoms with Crippen LogP contribution in [0.2, 0.25) is 5.02 Å². The van der Waals surface area contributed by atoms with Crippen LogP contribution in [-0.4, -0.2) is 12.1 Å². The van der Waals surface area contributed by atoms with Crippen LogP contribution in [0.5, 0.6) is 5.88 Å². The van der Waals surface area contributed by atoms with E-state index in [1.807, 2.05) is 0 Å². The Balaban J connectivity index is 3.28. The molecule has 0 saturated heterocycles. The van der Waals surface area contributed by atoms with Gasteiger partial charge >= 0.3 is 0 Å². The average Bonchev–Trinajstić information content (AvgIpc) is 2.16. The molecule has 0 fully saturated rings. The van der Waals surface area contributed by atoms with E-state index in [2.05, 4.69) is 4.98 Å². The Hall–Kier alpha value is -0.940. The first kappa shape index (κ1) is 11.1. The number of nitrogens with two attached hydrogens (primary N) is 1. The third-order valence-corrected chi connectivity index (χ3v) is 2.04. The number of aromatic nitrogens is 1. The Kier molecular flexibility index (Phi) is 3.60. The number of hydrogen-bond acceptors (Lipinski definition) is 3. The molecule has 0 aromatic carbocycles. The second-order valence-electron chi connectivity index (χ2n) is 2.52. The molecule has 0 bridgehead atoms. The van der Waals surface area contributed by atoms with Gasteiger partial charge in [-0.1, -0.05) is 11.6 Å². The highest BCUT2D eigenvalue weighted by Crippen LogP contribution is 2.29. The molecule has 3 nitrogen and oxygen atoms in total. The molecule has 0 aliphatic carbocycles. The van der Waals surface area contributed by atoms with Gasteiger partial charge in [0.15, 0.2) is 0 Å². The fourth-order valence-electron chi connectivity index (χ4n) is 1.02. The molecular formula is C8H9ClF2N2O. The Morgan fingerprint density at radius 2 is 2.29 bits per heavy atom. The molecule has 1 heterocycles. The highest BCUT2D eigenvalue weighted by Gasteiger charge is 2.18. The second kappa shape index (κ2) is 4.52. The summed E-state index contributed by atoms with van der Waals surface area (Å²) in [5, 5.41) is 0.148. The number of halogens is 3. The number of alkyl halides is 2. The van der Waals surface area contributed by atoms with Crippen molar-refractivity contribution in [3.63, 3.8) is 0 Å². The van der Waals surface area contributed by atoms with Gasteiger partial charge < -0.3 is 10.5 Å². The molecule has 1 aromatic rings. The molecule has 78 valence electrons. The van der Waals surface area contributed by atoms with Crippen LogP contribution < -0.4 is 10.5 Å². The van der Waals surface area contributed by atoms with Crippen molar-refractivity contribution in [2.75, 3.05) is 7.11 Å². The van der Waals surface area contributed by atoms with E-state index >= 15 is 0 Å². The van der Waals surface area contributed by atoms with Crippen LogP contribution >= 0.6 is 11.6 Å². The number of rotatable bonds is 3.